The van der Waals surface area contributed by atoms with Crippen molar-refractivity contribution in [2.75, 3.05) is 38.0 Å². The first-order valence-electron chi connectivity index (χ1n) is 7.52. The first-order chi connectivity index (χ1) is 11.1. The Morgan fingerprint density at radius 1 is 0.542 bits per heavy atom. The molecule has 24 heavy (non-hydrogen) atoms. The van der Waals surface area contributed by atoms with Crippen LogP contribution in [0.2, 0.25) is 0 Å². The Kier molecular flexibility index (Phi) is 6.06. The Morgan fingerprint density at radius 2 is 0.792 bits per heavy atom. The van der Waals surface area contributed by atoms with Crippen molar-refractivity contribution in [2.45, 2.75) is 8.16 Å². The van der Waals surface area contributed by atoms with Gasteiger partial charge in [-0.3, -0.25) is 0 Å². The molecule has 0 radical (unpaired) electrons. The van der Waals surface area contributed by atoms with Crippen LogP contribution in [0.5, 0.6) is 0 Å². The second kappa shape index (κ2) is 7.36. The third kappa shape index (κ3) is 3.82. The van der Waals surface area contributed by atoms with Gasteiger partial charge in [-0.25, -0.2) is 0 Å². The van der Waals surface area contributed by atoms with Crippen LogP contribution in [0.4, 0.5) is 11.4 Å². The van der Waals surface area contributed by atoms with Gasteiger partial charge in [0.05, 0.1) is 0 Å². The Balaban J connectivity index is 2.37. The van der Waals surface area contributed by atoms with E-state index in [9.17, 15) is 0 Å². The van der Waals surface area contributed by atoms with Crippen LogP contribution in [0.15, 0.2) is 48.5 Å². The van der Waals surface area contributed by atoms with Crippen molar-refractivity contribution < 1.29 is 0 Å². The molecular formula is C18H24N2S4. The van der Waals surface area contributed by atoms with E-state index in [1.54, 1.807) is 0 Å². The zero-order valence-electron chi connectivity index (χ0n) is 14.3. The molecule has 0 amide bonds. The summed E-state index contributed by atoms with van der Waals surface area (Å²) in [5, 5.41) is 0. The van der Waals surface area contributed by atoms with Crippen molar-refractivity contribution in [2.24, 2.45) is 0 Å². The van der Waals surface area contributed by atoms with E-state index in [0.717, 1.165) is 22.5 Å². The van der Waals surface area contributed by atoms with Crippen molar-refractivity contribution in [3.8, 4) is 0 Å². The Bertz CT molecular complexity index is 616. The summed E-state index contributed by atoms with van der Waals surface area (Å²) in [6, 6.07) is 16.3. The molecule has 0 spiro atoms. The second-order valence-corrected chi connectivity index (χ2v) is 9.62. The van der Waals surface area contributed by atoms with Crippen LogP contribution in [0.3, 0.4) is 0 Å². The fourth-order valence-corrected chi connectivity index (χ4v) is 3.50. The first kappa shape index (κ1) is 19.8. The zero-order chi connectivity index (χ0) is 18.1. The summed E-state index contributed by atoms with van der Waals surface area (Å²) in [7, 11) is 8.05. The SMILES string of the molecule is CN(C)c1ccc(C(S)(S)C(S)(S)c2ccc(N(C)C)cc2)cc1. The van der Waals surface area contributed by atoms with Crippen molar-refractivity contribution in [1.82, 2.24) is 0 Å². The summed E-state index contributed by atoms with van der Waals surface area (Å²) in [5.74, 6) is 0. The van der Waals surface area contributed by atoms with Gasteiger partial charge in [0.25, 0.3) is 0 Å². The predicted octanol–water partition coefficient (Wildman–Crippen LogP) is 4.54. The molecule has 0 atom stereocenters. The molecule has 2 nitrogen and oxygen atoms in total. The normalized spacial score (nSPS) is 12.2. The smallest absolute Gasteiger partial charge is 0.108 e. The molecule has 0 aliphatic rings. The maximum absolute atomic E-state index is 4.81. The average molecular weight is 397 g/mol. The van der Waals surface area contributed by atoms with E-state index in [1.807, 2.05) is 76.7 Å². The Morgan fingerprint density at radius 3 is 1.00 bits per heavy atom. The third-order valence-corrected chi connectivity index (χ3v) is 7.14. The number of thiol groups is 4. The molecule has 0 saturated heterocycles. The highest BCUT2D eigenvalue weighted by Gasteiger charge is 2.44. The van der Waals surface area contributed by atoms with E-state index in [1.165, 1.54) is 0 Å². The zero-order valence-corrected chi connectivity index (χ0v) is 17.9. The Hall–Kier alpha value is -0.560. The maximum atomic E-state index is 4.81. The van der Waals surface area contributed by atoms with Crippen molar-refractivity contribution >= 4 is 61.9 Å². The summed E-state index contributed by atoms with van der Waals surface area (Å²) >= 11 is 19.2. The van der Waals surface area contributed by atoms with Gasteiger partial charge in [-0.15, -0.1) is 0 Å². The molecule has 0 N–H and O–H groups in total. The number of hydrogen-bond donors (Lipinski definition) is 4. The van der Waals surface area contributed by atoms with Gasteiger partial charge in [-0.05, 0) is 35.4 Å². The topological polar surface area (TPSA) is 6.48 Å². The maximum Gasteiger partial charge on any atom is 0.108 e. The highest BCUT2D eigenvalue weighted by Crippen LogP contribution is 2.55. The van der Waals surface area contributed by atoms with Gasteiger partial charge >= 0.3 is 0 Å². The lowest BCUT2D eigenvalue weighted by atomic mass is 10.0. The molecule has 0 heterocycles. The fraction of sp³-hybridized carbons (Fsp3) is 0.333. The molecule has 2 aromatic carbocycles. The van der Waals surface area contributed by atoms with Gasteiger partial charge in [-0.2, -0.15) is 50.5 Å². The molecule has 0 fully saturated rings. The van der Waals surface area contributed by atoms with E-state index in [4.69, 9.17) is 50.5 Å². The van der Waals surface area contributed by atoms with E-state index < -0.39 is 8.16 Å². The highest BCUT2D eigenvalue weighted by molar-refractivity contribution is 8.07. The van der Waals surface area contributed by atoms with Crippen LogP contribution < -0.4 is 9.80 Å². The van der Waals surface area contributed by atoms with Crippen LogP contribution in [0.1, 0.15) is 11.1 Å². The minimum absolute atomic E-state index is 0.857. The van der Waals surface area contributed by atoms with Crippen molar-refractivity contribution in [3.05, 3.63) is 59.7 Å². The largest absolute Gasteiger partial charge is 0.378 e. The molecule has 6 heteroatoms. The second-order valence-electron chi connectivity index (χ2n) is 6.23. The van der Waals surface area contributed by atoms with Crippen LogP contribution in [0.25, 0.3) is 0 Å². The number of hydrogen-bond acceptors (Lipinski definition) is 6. The first-order valence-corrected chi connectivity index (χ1v) is 9.31. The van der Waals surface area contributed by atoms with Crippen LogP contribution >= 0.6 is 50.5 Å². The fourth-order valence-electron chi connectivity index (χ4n) is 2.39. The number of benzene rings is 2. The van der Waals surface area contributed by atoms with Crippen LogP contribution in [0, 0.1) is 0 Å². The van der Waals surface area contributed by atoms with Crippen LogP contribution in [-0.4, -0.2) is 28.2 Å². The van der Waals surface area contributed by atoms with Gasteiger partial charge < -0.3 is 9.80 Å². The number of rotatable bonds is 5. The molecule has 0 aliphatic heterocycles. The molecular weight excluding hydrogens is 372 g/mol. The highest BCUT2D eigenvalue weighted by atomic mass is 32.2. The monoisotopic (exact) mass is 396 g/mol. The van der Waals surface area contributed by atoms with E-state index >= 15 is 0 Å². The summed E-state index contributed by atoms with van der Waals surface area (Å²) in [6.45, 7) is 0. The lowest BCUT2D eigenvalue weighted by Crippen LogP contribution is -2.32. The molecule has 0 bridgehead atoms. The summed E-state index contributed by atoms with van der Waals surface area (Å²) in [5.41, 5.74) is 4.13. The lowest BCUT2D eigenvalue weighted by Gasteiger charge is -2.39. The van der Waals surface area contributed by atoms with Gasteiger partial charge in [0.2, 0.25) is 0 Å². The summed E-state index contributed by atoms with van der Waals surface area (Å²) < 4.78 is -1.71. The molecule has 0 aliphatic carbocycles. The average Bonchev–Trinajstić information content (AvgIpc) is 2.54. The third-order valence-electron chi connectivity index (χ3n) is 4.06. The van der Waals surface area contributed by atoms with Gasteiger partial charge in [0, 0.05) is 39.6 Å². The van der Waals surface area contributed by atoms with Crippen molar-refractivity contribution in [3.63, 3.8) is 0 Å². The molecule has 2 rings (SSSR count). The van der Waals surface area contributed by atoms with Gasteiger partial charge in [0.15, 0.2) is 0 Å². The Labute approximate surface area is 167 Å². The predicted molar refractivity (Wildman–Crippen MR) is 121 cm³/mol. The van der Waals surface area contributed by atoms with E-state index in [2.05, 4.69) is 9.80 Å². The molecule has 0 saturated carbocycles. The summed E-state index contributed by atoms with van der Waals surface area (Å²) in [6.07, 6.45) is 0. The van der Waals surface area contributed by atoms with Crippen LogP contribution in [-0.2, 0) is 8.16 Å². The summed E-state index contributed by atoms with van der Waals surface area (Å²) in [4.78, 5) is 4.11. The molecule has 0 unspecified atom stereocenters. The van der Waals surface area contributed by atoms with Gasteiger partial charge in [0.1, 0.15) is 8.16 Å². The standard InChI is InChI=1S/C18H24N2S4/c1-19(2)15-9-5-13(6-10-15)17(21,22)18(23,24)14-7-11-16(12-8-14)20(3)4/h5-12,21-24H,1-4H3. The van der Waals surface area contributed by atoms with E-state index in [0.29, 0.717) is 0 Å². The molecule has 0 aromatic heterocycles. The van der Waals surface area contributed by atoms with Gasteiger partial charge in [-0.1, -0.05) is 24.3 Å². The van der Waals surface area contributed by atoms with E-state index in [-0.39, 0.29) is 0 Å². The van der Waals surface area contributed by atoms with Crippen molar-refractivity contribution in [1.29, 1.82) is 0 Å². The quantitative estimate of drug-likeness (QED) is 0.435. The lowest BCUT2D eigenvalue weighted by molar-refractivity contribution is 0.806. The number of nitrogens with zero attached hydrogens (tertiary/aromatic N) is 2. The minimum atomic E-state index is -0.857. The molecule has 2 aromatic rings. The number of anilines is 2. The molecule has 130 valence electrons. The minimum Gasteiger partial charge on any atom is -0.378 e.